The highest BCUT2D eigenvalue weighted by Crippen LogP contribution is 2.35. The number of nitrogens with one attached hydrogen (secondary N) is 2. The van der Waals surface area contributed by atoms with Crippen LogP contribution in [-0.4, -0.2) is 14.3 Å². The number of hydrogen-bond acceptors (Lipinski definition) is 2. The average Bonchev–Trinajstić information content (AvgIpc) is 2.86. The average molecular weight is 341 g/mol. The second-order valence-electron chi connectivity index (χ2n) is 4.35. The Morgan fingerprint density at radius 2 is 1.76 bits per heavy atom. The first-order valence-corrected chi connectivity index (χ1v) is 7.89. The highest BCUT2D eigenvalue weighted by Gasteiger charge is 2.12. The van der Waals surface area contributed by atoms with Crippen molar-refractivity contribution in [3.63, 3.8) is 0 Å². The van der Waals surface area contributed by atoms with E-state index in [-0.39, 0.29) is 5.75 Å². The third-order valence-electron chi connectivity index (χ3n) is 2.99. The third-order valence-corrected chi connectivity index (χ3v) is 4.71. The van der Waals surface area contributed by atoms with Crippen LogP contribution in [-0.2, 0) is 11.0 Å². The van der Waals surface area contributed by atoms with Gasteiger partial charge in [-0.05, 0) is 36.4 Å². The summed E-state index contributed by atoms with van der Waals surface area (Å²) in [6, 6.07) is 9.58. The van der Waals surface area contributed by atoms with Crippen LogP contribution in [0.25, 0.3) is 10.9 Å². The molecule has 0 aliphatic rings. The van der Waals surface area contributed by atoms with Crippen LogP contribution in [0.1, 0.15) is 0 Å². The van der Waals surface area contributed by atoms with Crippen molar-refractivity contribution in [2.75, 3.05) is 4.72 Å². The van der Waals surface area contributed by atoms with Crippen LogP contribution >= 0.6 is 23.2 Å². The van der Waals surface area contributed by atoms with E-state index in [1.54, 1.807) is 30.5 Å². The second kappa shape index (κ2) is 5.60. The van der Waals surface area contributed by atoms with Crippen LogP contribution < -0.4 is 4.72 Å². The summed E-state index contributed by atoms with van der Waals surface area (Å²) in [5.74, 6) is 0.126. The SMILES string of the molecule is O=S(Nc1ccc(Cl)c2c(Cl)c[nH]c12)c1ccc(O)cc1. The van der Waals surface area contributed by atoms with E-state index in [0.29, 0.717) is 31.5 Å². The molecule has 3 aromatic rings. The number of aromatic nitrogens is 1. The number of phenols is 1. The molecule has 2 aromatic carbocycles. The first-order valence-electron chi connectivity index (χ1n) is 5.99. The molecule has 0 saturated heterocycles. The zero-order valence-electron chi connectivity index (χ0n) is 10.6. The number of aromatic amines is 1. The predicted octanol–water partition coefficient (Wildman–Crippen LogP) is 4.32. The van der Waals surface area contributed by atoms with E-state index in [1.165, 1.54) is 12.1 Å². The van der Waals surface area contributed by atoms with E-state index in [2.05, 4.69) is 9.71 Å². The third kappa shape index (κ3) is 2.72. The minimum Gasteiger partial charge on any atom is -0.508 e. The fraction of sp³-hybridized carbons (Fsp3) is 0. The van der Waals surface area contributed by atoms with E-state index in [1.807, 2.05) is 0 Å². The largest absolute Gasteiger partial charge is 0.508 e. The van der Waals surface area contributed by atoms with Crippen LogP contribution in [0.5, 0.6) is 5.75 Å². The Balaban J connectivity index is 1.97. The quantitative estimate of drug-likeness (QED) is 0.664. The van der Waals surface area contributed by atoms with Gasteiger partial charge in [-0.3, -0.25) is 4.72 Å². The zero-order chi connectivity index (χ0) is 15.0. The van der Waals surface area contributed by atoms with Gasteiger partial charge in [-0.1, -0.05) is 23.2 Å². The Kier molecular flexibility index (Phi) is 3.80. The molecule has 3 rings (SSSR count). The Hall–Kier alpha value is -1.69. The number of fused-ring (bicyclic) bond motifs is 1. The van der Waals surface area contributed by atoms with Crippen molar-refractivity contribution in [1.82, 2.24) is 4.98 Å². The molecule has 0 fully saturated rings. The van der Waals surface area contributed by atoms with Gasteiger partial charge in [0.1, 0.15) is 16.7 Å². The molecular weight excluding hydrogens is 331 g/mol. The summed E-state index contributed by atoms with van der Waals surface area (Å²) in [5, 5.41) is 11.0. The Morgan fingerprint density at radius 1 is 1.05 bits per heavy atom. The van der Waals surface area contributed by atoms with Gasteiger partial charge in [0.25, 0.3) is 0 Å². The van der Waals surface area contributed by atoms with E-state index >= 15 is 0 Å². The van der Waals surface area contributed by atoms with Crippen molar-refractivity contribution in [2.24, 2.45) is 0 Å². The molecule has 1 atom stereocenters. The van der Waals surface area contributed by atoms with Crippen LogP contribution in [0, 0.1) is 0 Å². The Bertz CT molecular complexity index is 831. The summed E-state index contributed by atoms with van der Waals surface area (Å²) in [7, 11) is -1.46. The number of benzene rings is 2. The molecule has 0 saturated carbocycles. The highest BCUT2D eigenvalue weighted by molar-refractivity contribution is 7.86. The van der Waals surface area contributed by atoms with Gasteiger partial charge in [-0.25, -0.2) is 4.21 Å². The first kappa shape index (κ1) is 14.3. The molecule has 0 amide bonds. The maximum Gasteiger partial charge on any atom is 0.150 e. The van der Waals surface area contributed by atoms with Crippen molar-refractivity contribution in [3.05, 3.63) is 52.6 Å². The minimum atomic E-state index is -1.46. The van der Waals surface area contributed by atoms with Crippen molar-refractivity contribution in [1.29, 1.82) is 0 Å². The van der Waals surface area contributed by atoms with Gasteiger partial charge in [0.05, 0.1) is 26.1 Å². The minimum absolute atomic E-state index is 0.126. The molecule has 1 unspecified atom stereocenters. The van der Waals surface area contributed by atoms with Crippen LogP contribution in [0.2, 0.25) is 10.0 Å². The Morgan fingerprint density at radius 3 is 2.48 bits per heavy atom. The Labute approximate surface area is 133 Å². The van der Waals surface area contributed by atoms with Gasteiger partial charge in [0, 0.05) is 11.6 Å². The monoisotopic (exact) mass is 340 g/mol. The molecule has 3 N–H and O–H groups in total. The molecule has 0 bridgehead atoms. The molecule has 0 radical (unpaired) electrons. The molecule has 0 aliphatic carbocycles. The van der Waals surface area contributed by atoms with Gasteiger partial charge >= 0.3 is 0 Å². The van der Waals surface area contributed by atoms with Crippen LogP contribution in [0.15, 0.2) is 47.5 Å². The van der Waals surface area contributed by atoms with Gasteiger partial charge < -0.3 is 10.1 Å². The van der Waals surface area contributed by atoms with Gasteiger partial charge in [0.15, 0.2) is 0 Å². The summed E-state index contributed by atoms with van der Waals surface area (Å²) < 4.78 is 15.2. The lowest BCUT2D eigenvalue weighted by atomic mass is 10.2. The standard InChI is InChI=1S/C14H10Cl2N2O2S/c15-10-5-6-12(14-13(10)11(16)7-17-14)18-21(20)9-3-1-8(19)2-4-9/h1-7,17-19H. The van der Waals surface area contributed by atoms with Gasteiger partial charge in [0.2, 0.25) is 0 Å². The molecular formula is C14H10Cl2N2O2S. The summed E-state index contributed by atoms with van der Waals surface area (Å²) in [5.41, 5.74) is 1.33. The molecule has 108 valence electrons. The molecule has 4 nitrogen and oxygen atoms in total. The lowest BCUT2D eigenvalue weighted by Crippen LogP contribution is -2.05. The number of hydrogen-bond donors (Lipinski definition) is 3. The molecule has 21 heavy (non-hydrogen) atoms. The fourth-order valence-electron chi connectivity index (χ4n) is 1.98. The molecule has 1 heterocycles. The van der Waals surface area contributed by atoms with Crippen molar-refractivity contribution in [2.45, 2.75) is 4.90 Å². The number of halogens is 2. The normalized spacial score (nSPS) is 12.5. The first-order chi connectivity index (χ1) is 10.1. The summed E-state index contributed by atoms with van der Waals surface area (Å²) in [6.07, 6.45) is 1.63. The number of phenolic OH excluding ortho intramolecular Hbond substituents is 1. The van der Waals surface area contributed by atoms with Crippen molar-refractivity contribution >= 4 is 50.8 Å². The van der Waals surface area contributed by atoms with E-state index in [0.717, 1.165) is 0 Å². The summed E-state index contributed by atoms with van der Waals surface area (Å²) in [4.78, 5) is 3.56. The predicted molar refractivity (Wildman–Crippen MR) is 86.5 cm³/mol. The van der Waals surface area contributed by atoms with Crippen LogP contribution in [0.4, 0.5) is 5.69 Å². The number of H-pyrrole nitrogens is 1. The van der Waals surface area contributed by atoms with E-state index < -0.39 is 11.0 Å². The smallest absolute Gasteiger partial charge is 0.150 e. The molecule has 0 aliphatic heterocycles. The molecule has 7 heteroatoms. The van der Waals surface area contributed by atoms with E-state index in [4.69, 9.17) is 23.2 Å². The second-order valence-corrected chi connectivity index (χ2v) is 6.37. The van der Waals surface area contributed by atoms with Crippen LogP contribution in [0.3, 0.4) is 0 Å². The maximum atomic E-state index is 12.3. The number of aromatic hydroxyl groups is 1. The fourth-order valence-corrected chi connectivity index (χ4v) is 3.41. The maximum absolute atomic E-state index is 12.3. The van der Waals surface area contributed by atoms with Gasteiger partial charge in [-0.2, -0.15) is 0 Å². The summed E-state index contributed by atoms with van der Waals surface area (Å²) in [6.45, 7) is 0. The van der Waals surface area contributed by atoms with Crippen molar-refractivity contribution in [3.8, 4) is 5.75 Å². The number of anilines is 1. The lowest BCUT2D eigenvalue weighted by Gasteiger charge is -2.08. The lowest BCUT2D eigenvalue weighted by molar-refractivity contribution is 0.475. The number of rotatable bonds is 3. The molecule has 0 spiro atoms. The van der Waals surface area contributed by atoms with Gasteiger partial charge in [-0.15, -0.1) is 0 Å². The molecule has 1 aromatic heterocycles. The van der Waals surface area contributed by atoms with Crippen molar-refractivity contribution < 1.29 is 9.32 Å². The highest BCUT2D eigenvalue weighted by atomic mass is 35.5. The van der Waals surface area contributed by atoms with E-state index in [9.17, 15) is 9.32 Å². The zero-order valence-corrected chi connectivity index (χ0v) is 12.9. The summed E-state index contributed by atoms with van der Waals surface area (Å²) >= 11 is 12.2. The topological polar surface area (TPSA) is 65.1 Å².